The first-order valence-corrected chi connectivity index (χ1v) is 11.2. The molecule has 0 spiro atoms. The summed E-state index contributed by atoms with van der Waals surface area (Å²) in [6.45, 7) is 3.48. The predicted octanol–water partition coefficient (Wildman–Crippen LogP) is 3.84. The van der Waals surface area contributed by atoms with E-state index < -0.39 is 0 Å². The number of methoxy groups -OCH3 is 1. The van der Waals surface area contributed by atoms with E-state index >= 15 is 0 Å². The minimum absolute atomic E-state index is 0.0418. The van der Waals surface area contributed by atoms with Crippen LogP contribution in [0.4, 0.5) is 0 Å². The Hall–Kier alpha value is -1.77. The van der Waals surface area contributed by atoms with E-state index in [2.05, 4.69) is 48.1 Å². The van der Waals surface area contributed by atoms with Crippen molar-refractivity contribution in [3.8, 4) is 0 Å². The molecule has 28 heavy (non-hydrogen) atoms. The SMILES string of the molecule is CCOC.CSC1N=CC(C2c3[nH]c4ccc(Br)cc4c3CCN2C=O)=CN1. The van der Waals surface area contributed by atoms with E-state index in [1.165, 1.54) is 10.9 Å². The smallest absolute Gasteiger partial charge is 0.210 e. The largest absolute Gasteiger partial charge is 0.385 e. The summed E-state index contributed by atoms with van der Waals surface area (Å²) in [5, 5.41) is 4.49. The predicted molar refractivity (Wildman–Crippen MR) is 120 cm³/mol. The fourth-order valence-corrected chi connectivity index (χ4v) is 4.18. The summed E-state index contributed by atoms with van der Waals surface area (Å²) in [6, 6.07) is 6.12. The summed E-state index contributed by atoms with van der Waals surface area (Å²) < 4.78 is 5.61. The molecule has 150 valence electrons. The molecule has 0 bridgehead atoms. The lowest BCUT2D eigenvalue weighted by Gasteiger charge is -2.34. The molecule has 1 aromatic heterocycles. The van der Waals surface area contributed by atoms with Crippen molar-refractivity contribution in [2.75, 3.05) is 26.5 Å². The van der Waals surface area contributed by atoms with Crippen LogP contribution in [-0.4, -0.2) is 54.5 Å². The molecule has 2 aromatic rings. The summed E-state index contributed by atoms with van der Waals surface area (Å²) in [5.41, 5.74) is 4.52. The number of hydrogen-bond donors (Lipinski definition) is 2. The maximum absolute atomic E-state index is 11.6. The van der Waals surface area contributed by atoms with Crippen molar-refractivity contribution in [3.63, 3.8) is 0 Å². The van der Waals surface area contributed by atoms with Crippen molar-refractivity contribution in [2.24, 2.45) is 4.99 Å². The Morgan fingerprint density at radius 2 is 2.25 bits per heavy atom. The Labute approximate surface area is 177 Å². The number of carbonyl (C=O) groups excluding carboxylic acids is 1. The molecule has 0 radical (unpaired) electrons. The van der Waals surface area contributed by atoms with E-state index in [1.54, 1.807) is 18.9 Å². The van der Waals surface area contributed by atoms with Crippen molar-refractivity contribution in [1.29, 1.82) is 0 Å². The number of aliphatic imine (C=N–C) groups is 1. The average molecular weight is 465 g/mol. The van der Waals surface area contributed by atoms with Gasteiger partial charge in [0.25, 0.3) is 0 Å². The van der Waals surface area contributed by atoms with Crippen molar-refractivity contribution in [2.45, 2.75) is 24.9 Å². The van der Waals surface area contributed by atoms with E-state index in [0.29, 0.717) is 6.54 Å². The number of fused-ring (bicyclic) bond motifs is 3. The topological polar surface area (TPSA) is 69.7 Å². The molecule has 0 fully saturated rings. The van der Waals surface area contributed by atoms with Crippen LogP contribution in [0.1, 0.15) is 24.2 Å². The zero-order valence-electron chi connectivity index (χ0n) is 16.2. The number of nitrogens with one attached hydrogen (secondary N) is 2. The molecule has 2 aliphatic rings. The molecule has 2 N–H and O–H groups in total. The van der Waals surface area contributed by atoms with Gasteiger partial charge in [0.1, 0.15) is 0 Å². The van der Waals surface area contributed by atoms with Gasteiger partial charge in [-0.2, -0.15) is 0 Å². The third-order valence-corrected chi connectivity index (χ3v) is 6.04. The number of hydrogen-bond acceptors (Lipinski definition) is 5. The molecular formula is C20H25BrN4O2S. The first kappa shape index (κ1) is 21.0. The van der Waals surface area contributed by atoms with Crippen molar-refractivity contribution < 1.29 is 9.53 Å². The second-order valence-corrected chi connectivity index (χ2v) is 8.29. The maximum Gasteiger partial charge on any atom is 0.210 e. The molecule has 1 aromatic carbocycles. The number of amides is 1. The van der Waals surface area contributed by atoms with Crippen LogP contribution in [0.25, 0.3) is 10.9 Å². The zero-order chi connectivity index (χ0) is 20.1. The highest BCUT2D eigenvalue weighted by molar-refractivity contribution is 9.10. The van der Waals surface area contributed by atoms with Crippen LogP contribution in [0.5, 0.6) is 0 Å². The number of benzene rings is 1. The third kappa shape index (κ3) is 4.29. The zero-order valence-corrected chi connectivity index (χ0v) is 18.6. The Morgan fingerprint density at radius 1 is 1.46 bits per heavy atom. The highest BCUT2D eigenvalue weighted by Gasteiger charge is 2.32. The van der Waals surface area contributed by atoms with Gasteiger partial charge in [0.15, 0.2) is 5.50 Å². The number of aromatic amines is 1. The summed E-state index contributed by atoms with van der Waals surface area (Å²) in [7, 11) is 1.68. The van der Waals surface area contributed by atoms with E-state index in [-0.39, 0.29) is 11.5 Å². The number of H-pyrrole nitrogens is 1. The van der Waals surface area contributed by atoms with Crippen LogP contribution in [0.2, 0.25) is 0 Å². The Morgan fingerprint density at radius 3 is 2.86 bits per heavy atom. The summed E-state index contributed by atoms with van der Waals surface area (Å²) in [6.07, 6.45) is 7.66. The minimum atomic E-state index is -0.128. The van der Waals surface area contributed by atoms with Crippen LogP contribution >= 0.6 is 27.7 Å². The van der Waals surface area contributed by atoms with E-state index in [0.717, 1.165) is 40.7 Å². The maximum atomic E-state index is 11.6. The number of nitrogens with zero attached hydrogens (tertiary/aromatic N) is 2. The van der Waals surface area contributed by atoms with Crippen molar-refractivity contribution in [3.05, 3.63) is 45.7 Å². The molecule has 2 aliphatic heterocycles. The highest BCUT2D eigenvalue weighted by Crippen LogP contribution is 2.38. The molecule has 6 nitrogen and oxygen atoms in total. The fraction of sp³-hybridized carbons (Fsp3) is 0.400. The van der Waals surface area contributed by atoms with E-state index in [9.17, 15) is 4.79 Å². The lowest BCUT2D eigenvalue weighted by Crippen LogP contribution is -2.37. The molecular weight excluding hydrogens is 440 g/mol. The number of halogens is 1. The van der Waals surface area contributed by atoms with Gasteiger partial charge in [0.2, 0.25) is 6.41 Å². The molecule has 1 amide bonds. The Balaban J connectivity index is 0.000000516. The summed E-state index contributed by atoms with van der Waals surface area (Å²) >= 11 is 5.19. The normalized spacial score (nSPS) is 20.7. The molecule has 4 rings (SSSR count). The second kappa shape index (κ2) is 9.62. The van der Waals surface area contributed by atoms with Crippen LogP contribution in [0.15, 0.2) is 39.4 Å². The standard InChI is InChI=1S/C17H17BrN4OS.C3H8O/c1-24-17-19-7-10(8-20-17)16-15-12(4-5-22(16)9-23)13-6-11(18)2-3-14(13)21-15;1-3-4-2/h2-3,6-9,16-17,19,21H,4-5H2,1H3;3H2,1-2H3. The number of ether oxygens (including phenoxy) is 1. The Kier molecular flexibility index (Phi) is 7.20. The quantitative estimate of drug-likeness (QED) is 0.674. The van der Waals surface area contributed by atoms with Gasteiger partial charge in [-0.25, -0.2) is 0 Å². The summed E-state index contributed by atoms with van der Waals surface area (Å²) in [5.74, 6) is 0. The molecule has 2 unspecified atom stereocenters. The first-order valence-electron chi connectivity index (χ1n) is 9.15. The second-order valence-electron chi connectivity index (χ2n) is 6.46. The van der Waals surface area contributed by atoms with Gasteiger partial charge >= 0.3 is 0 Å². The lowest BCUT2D eigenvalue weighted by molar-refractivity contribution is -0.120. The monoisotopic (exact) mass is 464 g/mol. The molecule has 2 atom stereocenters. The number of thioether (sulfide) groups is 1. The van der Waals surface area contributed by atoms with Gasteiger partial charge in [-0.15, -0.1) is 11.8 Å². The van der Waals surface area contributed by atoms with Gasteiger partial charge in [0.05, 0.1) is 6.04 Å². The molecule has 3 heterocycles. The number of rotatable bonds is 4. The van der Waals surface area contributed by atoms with Crippen LogP contribution in [-0.2, 0) is 16.0 Å². The highest BCUT2D eigenvalue weighted by atomic mass is 79.9. The van der Waals surface area contributed by atoms with Gasteiger partial charge in [-0.1, -0.05) is 15.9 Å². The van der Waals surface area contributed by atoms with E-state index in [1.807, 2.05) is 36.6 Å². The first-order chi connectivity index (χ1) is 13.6. The average Bonchev–Trinajstić information content (AvgIpc) is 3.11. The Bertz CT molecular complexity index is 894. The van der Waals surface area contributed by atoms with Gasteiger partial charge in [-0.3, -0.25) is 9.79 Å². The van der Waals surface area contributed by atoms with Gasteiger partial charge < -0.3 is 19.9 Å². The van der Waals surface area contributed by atoms with Crippen molar-refractivity contribution in [1.82, 2.24) is 15.2 Å². The molecule has 0 saturated heterocycles. The van der Waals surface area contributed by atoms with Crippen molar-refractivity contribution >= 4 is 51.2 Å². The van der Waals surface area contributed by atoms with Crippen LogP contribution in [0, 0.1) is 0 Å². The minimum Gasteiger partial charge on any atom is -0.385 e. The summed E-state index contributed by atoms with van der Waals surface area (Å²) in [4.78, 5) is 21.5. The van der Waals surface area contributed by atoms with Gasteiger partial charge in [0, 0.05) is 59.3 Å². The van der Waals surface area contributed by atoms with E-state index in [4.69, 9.17) is 0 Å². The van der Waals surface area contributed by atoms with Crippen LogP contribution in [0.3, 0.4) is 0 Å². The molecule has 0 saturated carbocycles. The molecule has 0 aliphatic carbocycles. The fourth-order valence-electron chi connectivity index (χ4n) is 3.43. The lowest BCUT2D eigenvalue weighted by atomic mass is 9.93. The van der Waals surface area contributed by atoms with Gasteiger partial charge in [-0.05, 0) is 43.4 Å². The number of carbonyl (C=O) groups is 1. The van der Waals surface area contributed by atoms with Crippen LogP contribution < -0.4 is 5.32 Å². The third-order valence-electron chi connectivity index (χ3n) is 4.84. The number of aromatic nitrogens is 1. The molecule has 8 heteroatoms.